The van der Waals surface area contributed by atoms with Gasteiger partial charge in [-0.1, -0.05) is 60.7 Å². The summed E-state index contributed by atoms with van der Waals surface area (Å²) < 4.78 is 10.6. The van der Waals surface area contributed by atoms with Crippen molar-refractivity contribution in [1.29, 1.82) is 0 Å². The standard InChI is InChI=1S/C23H28N2O5/c26-21(15-22(27)29-17-19-7-3-1-4-8-19)16-24-11-13-25(14-12-24)23(28)30-18-20-9-5-2-6-10-20/h1-10,21,26H,11-18H2. The third-order valence-corrected chi connectivity index (χ3v) is 4.95. The second-order valence-corrected chi connectivity index (χ2v) is 7.33. The molecule has 0 saturated carbocycles. The number of carbonyl (C=O) groups excluding carboxylic acids is 2. The Morgan fingerprint density at radius 1 is 0.833 bits per heavy atom. The Morgan fingerprint density at radius 2 is 1.37 bits per heavy atom. The number of carbonyl (C=O) groups is 2. The molecule has 1 saturated heterocycles. The van der Waals surface area contributed by atoms with E-state index in [2.05, 4.69) is 0 Å². The highest BCUT2D eigenvalue weighted by Gasteiger charge is 2.24. The number of aliphatic hydroxyl groups is 1. The van der Waals surface area contributed by atoms with Gasteiger partial charge in [0, 0.05) is 32.7 Å². The van der Waals surface area contributed by atoms with Gasteiger partial charge in [0.05, 0.1) is 12.5 Å². The highest BCUT2D eigenvalue weighted by atomic mass is 16.6. The molecule has 1 fully saturated rings. The predicted octanol–water partition coefficient (Wildman–Crippen LogP) is 2.44. The Morgan fingerprint density at radius 3 is 1.93 bits per heavy atom. The van der Waals surface area contributed by atoms with Crippen LogP contribution >= 0.6 is 0 Å². The third kappa shape index (κ3) is 7.17. The molecule has 1 aliphatic rings. The van der Waals surface area contributed by atoms with Crippen LogP contribution in [0, 0.1) is 0 Å². The summed E-state index contributed by atoms with van der Waals surface area (Å²) in [6.07, 6.45) is -1.18. The molecule has 1 heterocycles. The van der Waals surface area contributed by atoms with Gasteiger partial charge in [0.2, 0.25) is 0 Å². The van der Waals surface area contributed by atoms with Gasteiger partial charge in [-0.15, -0.1) is 0 Å². The van der Waals surface area contributed by atoms with Gasteiger partial charge >= 0.3 is 12.1 Å². The summed E-state index contributed by atoms with van der Waals surface area (Å²) in [5, 5.41) is 10.2. The lowest BCUT2D eigenvalue weighted by Crippen LogP contribution is -2.50. The maximum Gasteiger partial charge on any atom is 0.410 e. The van der Waals surface area contributed by atoms with Gasteiger partial charge in [0.25, 0.3) is 0 Å². The summed E-state index contributed by atoms with van der Waals surface area (Å²) >= 11 is 0. The number of ether oxygens (including phenoxy) is 2. The summed E-state index contributed by atoms with van der Waals surface area (Å²) in [6, 6.07) is 19.0. The van der Waals surface area contributed by atoms with Crippen molar-refractivity contribution in [1.82, 2.24) is 9.80 Å². The first-order valence-corrected chi connectivity index (χ1v) is 10.2. The Balaban J connectivity index is 1.31. The molecule has 0 radical (unpaired) electrons. The molecule has 0 aromatic heterocycles. The Hall–Kier alpha value is -2.90. The molecule has 7 nitrogen and oxygen atoms in total. The third-order valence-electron chi connectivity index (χ3n) is 4.95. The van der Waals surface area contributed by atoms with Crippen molar-refractivity contribution in [2.24, 2.45) is 0 Å². The largest absolute Gasteiger partial charge is 0.461 e. The van der Waals surface area contributed by atoms with Crippen LogP contribution in [0.1, 0.15) is 17.5 Å². The molecular formula is C23H28N2O5. The van der Waals surface area contributed by atoms with Crippen LogP contribution in [0.15, 0.2) is 60.7 Å². The molecular weight excluding hydrogens is 384 g/mol. The molecule has 0 spiro atoms. The van der Waals surface area contributed by atoms with E-state index in [9.17, 15) is 14.7 Å². The van der Waals surface area contributed by atoms with Crippen molar-refractivity contribution in [3.63, 3.8) is 0 Å². The molecule has 1 unspecified atom stereocenters. The first-order valence-electron chi connectivity index (χ1n) is 10.2. The lowest BCUT2D eigenvalue weighted by Gasteiger charge is -2.34. The number of esters is 1. The van der Waals surface area contributed by atoms with Crippen LogP contribution in [0.5, 0.6) is 0 Å². The molecule has 1 atom stereocenters. The highest BCUT2D eigenvalue weighted by Crippen LogP contribution is 2.09. The van der Waals surface area contributed by atoms with Crippen LogP contribution in [0.4, 0.5) is 4.79 Å². The van der Waals surface area contributed by atoms with E-state index in [-0.39, 0.29) is 25.7 Å². The zero-order chi connectivity index (χ0) is 21.2. The summed E-state index contributed by atoms with van der Waals surface area (Å²) in [6.45, 7) is 3.12. The number of benzene rings is 2. The molecule has 0 bridgehead atoms. The number of β-amino-alcohol motifs (C(OH)–C–C–N with tert-alkyl or cyclic N) is 1. The zero-order valence-electron chi connectivity index (χ0n) is 17.0. The molecule has 1 amide bonds. The van der Waals surface area contributed by atoms with Crippen LogP contribution in [0.2, 0.25) is 0 Å². The average Bonchev–Trinajstić information content (AvgIpc) is 2.78. The molecule has 7 heteroatoms. The van der Waals surface area contributed by atoms with E-state index in [1.165, 1.54) is 0 Å². The Kier molecular flexibility index (Phi) is 8.23. The van der Waals surface area contributed by atoms with E-state index in [0.717, 1.165) is 11.1 Å². The SMILES string of the molecule is O=C(CC(O)CN1CCN(C(=O)OCc2ccccc2)CC1)OCc1ccccc1. The first-order chi connectivity index (χ1) is 14.6. The fourth-order valence-electron chi connectivity index (χ4n) is 3.28. The molecule has 2 aromatic carbocycles. The van der Waals surface area contributed by atoms with Crippen LogP contribution in [-0.4, -0.2) is 65.8 Å². The molecule has 1 N–H and O–H groups in total. The smallest absolute Gasteiger partial charge is 0.410 e. The molecule has 0 aliphatic carbocycles. The number of rotatable bonds is 8. The van der Waals surface area contributed by atoms with Gasteiger partial charge in [-0.25, -0.2) is 4.79 Å². The summed E-state index contributed by atoms with van der Waals surface area (Å²) in [7, 11) is 0. The number of hydrogen-bond acceptors (Lipinski definition) is 6. The van der Waals surface area contributed by atoms with Crippen LogP contribution < -0.4 is 0 Å². The molecule has 30 heavy (non-hydrogen) atoms. The van der Waals surface area contributed by atoms with Gasteiger partial charge in [0.1, 0.15) is 13.2 Å². The Labute approximate surface area is 176 Å². The van der Waals surface area contributed by atoms with E-state index in [0.29, 0.717) is 32.7 Å². The van der Waals surface area contributed by atoms with E-state index in [1.807, 2.05) is 65.6 Å². The predicted molar refractivity (Wildman–Crippen MR) is 112 cm³/mol. The van der Waals surface area contributed by atoms with Crippen molar-refractivity contribution in [2.45, 2.75) is 25.7 Å². The van der Waals surface area contributed by atoms with E-state index < -0.39 is 12.1 Å². The number of nitrogens with zero attached hydrogens (tertiary/aromatic N) is 2. The first kappa shape index (κ1) is 21.8. The minimum Gasteiger partial charge on any atom is -0.461 e. The van der Waals surface area contributed by atoms with Crippen LogP contribution in [0.3, 0.4) is 0 Å². The minimum atomic E-state index is -0.801. The van der Waals surface area contributed by atoms with Gasteiger partial charge < -0.3 is 19.5 Å². The fourth-order valence-corrected chi connectivity index (χ4v) is 3.28. The van der Waals surface area contributed by atoms with Crippen molar-refractivity contribution < 1.29 is 24.2 Å². The normalized spacial score (nSPS) is 15.4. The monoisotopic (exact) mass is 412 g/mol. The van der Waals surface area contributed by atoms with Crippen molar-refractivity contribution in [2.75, 3.05) is 32.7 Å². The van der Waals surface area contributed by atoms with Gasteiger partial charge in [-0.05, 0) is 11.1 Å². The van der Waals surface area contributed by atoms with E-state index in [4.69, 9.17) is 9.47 Å². The summed E-state index contributed by atoms with van der Waals surface area (Å²) in [5.74, 6) is -0.422. The quantitative estimate of drug-likeness (QED) is 0.671. The van der Waals surface area contributed by atoms with E-state index >= 15 is 0 Å². The Bertz CT molecular complexity index is 792. The molecule has 3 rings (SSSR count). The second-order valence-electron chi connectivity index (χ2n) is 7.33. The second kappa shape index (κ2) is 11.3. The lowest BCUT2D eigenvalue weighted by atomic mass is 10.2. The van der Waals surface area contributed by atoms with Crippen molar-refractivity contribution in [3.8, 4) is 0 Å². The lowest BCUT2D eigenvalue weighted by molar-refractivity contribution is -0.147. The van der Waals surface area contributed by atoms with Crippen molar-refractivity contribution in [3.05, 3.63) is 71.8 Å². The van der Waals surface area contributed by atoms with Crippen molar-refractivity contribution >= 4 is 12.1 Å². The minimum absolute atomic E-state index is 0.0494. The average molecular weight is 412 g/mol. The maximum absolute atomic E-state index is 12.2. The van der Waals surface area contributed by atoms with Crippen LogP contribution in [-0.2, 0) is 27.5 Å². The number of hydrogen-bond donors (Lipinski definition) is 1. The molecule has 1 aliphatic heterocycles. The van der Waals surface area contributed by atoms with Gasteiger partial charge in [-0.3, -0.25) is 9.69 Å². The number of aliphatic hydroxyl groups excluding tert-OH is 1. The fraction of sp³-hybridized carbons (Fsp3) is 0.391. The highest BCUT2D eigenvalue weighted by molar-refractivity contribution is 5.70. The topological polar surface area (TPSA) is 79.3 Å². The van der Waals surface area contributed by atoms with Crippen LogP contribution in [0.25, 0.3) is 0 Å². The molecule has 160 valence electrons. The van der Waals surface area contributed by atoms with Gasteiger partial charge in [-0.2, -0.15) is 0 Å². The summed E-state index contributed by atoms with van der Waals surface area (Å²) in [4.78, 5) is 27.8. The van der Waals surface area contributed by atoms with E-state index in [1.54, 1.807) is 4.90 Å². The maximum atomic E-state index is 12.2. The van der Waals surface area contributed by atoms with Gasteiger partial charge in [0.15, 0.2) is 0 Å². The zero-order valence-corrected chi connectivity index (χ0v) is 17.0. The number of amides is 1. The summed E-state index contributed by atoms with van der Waals surface area (Å²) in [5.41, 5.74) is 1.86. The molecule has 2 aromatic rings. The number of piperazine rings is 1.